The second kappa shape index (κ2) is 2.81. The highest BCUT2D eigenvalue weighted by atomic mass is 19.1. The Kier molecular flexibility index (Phi) is 1.66. The number of hydrogen-bond acceptors (Lipinski definition) is 4. The fraction of sp³-hybridized carbons (Fsp3) is 0. The van der Waals surface area contributed by atoms with Gasteiger partial charge in [-0.2, -0.15) is 0 Å². The number of hydrogen-bond donors (Lipinski definition) is 1. The number of aromatic nitrogens is 4. The molecule has 0 fully saturated rings. The second-order valence-corrected chi connectivity index (χ2v) is 2.39. The van der Waals surface area contributed by atoms with Gasteiger partial charge in [-0.05, 0) is 22.6 Å². The first kappa shape index (κ1) is 7.66. The predicted molar refractivity (Wildman–Crippen MR) is 40.8 cm³/mol. The number of phenols is 1. The highest BCUT2D eigenvalue weighted by Crippen LogP contribution is 2.17. The van der Waals surface area contributed by atoms with E-state index in [0.29, 0.717) is 5.69 Å². The summed E-state index contributed by atoms with van der Waals surface area (Å²) in [4.78, 5) is 0. The van der Waals surface area contributed by atoms with E-state index in [1.807, 2.05) is 0 Å². The molecule has 2 rings (SSSR count). The van der Waals surface area contributed by atoms with E-state index in [1.165, 1.54) is 23.1 Å². The molecular weight excluding hydrogens is 175 g/mol. The first-order valence-electron chi connectivity index (χ1n) is 3.49. The Bertz CT molecular complexity index is 414. The molecule has 6 heteroatoms. The highest BCUT2D eigenvalue weighted by molar-refractivity contribution is 5.36. The minimum absolute atomic E-state index is 0.392. The lowest BCUT2D eigenvalue weighted by molar-refractivity contribution is 0.432. The average molecular weight is 180 g/mol. The van der Waals surface area contributed by atoms with Gasteiger partial charge in [0.15, 0.2) is 11.6 Å². The molecule has 1 heterocycles. The topological polar surface area (TPSA) is 63.8 Å². The minimum atomic E-state index is -0.701. The molecule has 0 aliphatic carbocycles. The Morgan fingerprint density at radius 1 is 1.38 bits per heavy atom. The lowest BCUT2D eigenvalue weighted by Gasteiger charge is -1.99. The van der Waals surface area contributed by atoms with Gasteiger partial charge in [-0.15, -0.1) is 5.10 Å². The van der Waals surface area contributed by atoms with Gasteiger partial charge in [-0.3, -0.25) is 0 Å². The zero-order valence-electron chi connectivity index (χ0n) is 6.42. The summed E-state index contributed by atoms with van der Waals surface area (Å²) in [6.45, 7) is 0. The monoisotopic (exact) mass is 180 g/mol. The molecule has 0 radical (unpaired) electrons. The number of halogens is 1. The van der Waals surface area contributed by atoms with Gasteiger partial charge < -0.3 is 5.11 Å². The number of benzene rings is 1. The molecule has 0 saturated carbocycles. The van der Waals surface area contributed by atoms with Gasteiger partial charge in [-0.25, -0.2) is 9.07 Å². The summed E-state index contributed by atoms with van der Waals surface area (Å²) in [6.07, 6.45) is 1.34. The quantitative estimate of drug-likeness (QED) is 0.694. The van der Waals surface area contributed by atoms with Crippen molar-refractivity contribution in [2.24, 2.45) is 0 Å². The molecule has 1 N–H and O–H groups in total. The zero-order chi connectivity index (χ0) is 9.26. The van der Waals surface area contributed by atoms with Crippen LogP contribution in [0, 0.1) is 5.82 Å². The summed E-state index contributed by atoms with van der Waals surface area (Å²) in [7, 11) is 0. The van der Waals surface area contributed by atoms with Gasteiger partial charge in [0.2, 0.25) is 0 Å². The molecule has 0 spiro atoms. The molecule has 2 aromatic rings. The Labute approximate surface area is 72.4 Å². The van der Waals surface area contributed by atoms with Gasteiger partial charge in [0, 0.05) is 6.07 Å². The normalized spacial score (nSPS) is 10.2. The summed E-state index contributed by atoms with van der Waals surface area (Å²) in [6, 6.07) is 3.90. The van der Waals surface area contributed by atoms with Gasteiger partial charge in [0.05, 0.1) is 5.69 Å². The van der Waals surface area contributed by atoms with Crippen LogP contribution < -0.4 is 0 Å². The molecule has 13 heavy (non-hydrogen) atoms. The van der Waals surface area contributed by atoms with Crippen LogP contribution in [0.25, 0.3) is 5.69 Å². The molecule has 1 aromatic heterocycles. The van der Waals surface area contributed by atoms with Crippen LogP contribution in [0.3, 0.4) is 0 Å². The number of phenolic OH excluding ortho intramolecular Hbond substituents is 1. The van der Waals surface area contributed by atoms with E-state index in [-0.39, 0.29) is 0 Å². The van der Waals surface area contributed by atoms with Crippen molar-refractivity contribution in [1.29, 1.82) is 0 Å². The minimum Gasteiger partial charge on any atom is -0.505 e. The molecule has 0 amide bonds. The van der Waals surface area contributed by atoms with E-state index in [1.54, 1.807) is 0 Å². The van der Waals surface area contributed by atoms with Crippen molar-refractivity contribution in [3.8, 4) is 11.4 Å². The van der Waals surface area contributed by atoms with E-state index in [0.717, 1.165) is 6.07 Å². The predicted octanol–water partition coefficient (Wildman–Crippen LogP) is 0.507. The molecule has 0 atom stereocenters. The molecule has 0 unspecified atom stereocenters. The highest BCUT2D eigenvalue weighted by Gasteiger charge is 2.03. The maximum absolute atomic E-state index is 12.8. The van der Waals surface area contributed by atoms with Crippen molar-refractivity contribution in [3.63, 3.8) is 0 Å². The van der Waals surface area contributed by atoms with Crippen molar-refractivity contribution in [2.45, 2.75) is 0 Å². The third-order valence-electron chi connectivity index (χ3n) is 1.54. The van der Waals surface area contributed by atoms with Gasteiger partial charge >= 0.3 is 0 Å². The summed E-state index contributed by atoms with van der Waals surface area (Å²) in [5, 5.41) is 19.3. The van der Waals surface area contributed by atoms with Crippen molar-refractivity contribution < 1.29 is 9.50 Å². The lowest BCUT2D eigenvalue weighted by Crippen LogP contribution is -1.95. The molecule has 0 aliphatic heterocycles. The average Bonchev–Trinajstić information content (AvgIpc) is 2.62. The standard InChI is InChI=1S/C7H5FN4O/c8-6-3-5(1-2-7(6)13)12-4-9-10-11-12/h1-4,13H. The van der Waals surface area contributed by atoms with Crippen LogP contribution in [-0.2, 0) is 0 Å². The fourth-order valence-corrected chi connectivity index (χ4v) is 0.918. The second-order valence-electron chi connectivity index (χ2n) is 2.39. The Balaban J connectivity index is 2.49. The first-order valence-corrected chi connectivity index (χ1v) is 3.49. The number of nitrogens with zero attached hydrogens (tertiary/aromatic N) is 4. The van der Waals surface area contributed by atoms with Crippen LogP contribution in [0.2, 0.25) is 0 Å². The SMILES string of the molecule is Oc1ccc(-n2cnnn2)cc1F. The fourth-order valence-electron chi connectivity index (χ4n) is 0.918. The van der Waals surface area contributed by atoms with E-state index in [4.69, 9.17) is 5.11 Å². The molecule has 0 aliphatic rings. The Hall–Kier alpha value is -1.98. The molecule has 5 nitrogen and oxygen atoms in total. The summed E-state index contributed by atoms with van der Waals surface area (Å²) < 4.78 is 14.1. The van der Waals surface area contributed by atoms with Gasteiger partial charge in [0.25, 0.3) is 0 Å². The van der Waals surface area contributed by atoms with Crippen LogP contribution in [0.4, 0.5) is 4.39 Å². The zero-order valence-corrected chi connectivity index (χ0v) is 6.42. The first-order chi connectivity index (χ1) is 6.27. The van der Waals surface area contributed by atoms with E-state index >= 15 is 0 Å². The maximum atomic E-state index is 12.8. The number of rotatable bonds is 1. The molecule has 0 saturated heterocycles. The number of tetrazole rings is 1. The lowest BCUT2D eigenvalue weighted by atomic mass is 10.3. The Morgan fingerprint density at radius 2 is 2.23 bits per heavy atom. The molecule has 1 aromatic carbocycles. The summed E-state index contributed by atoms with van der Waals surface area (Å²) >= 11 is 0. The molecule has 0 bridgehead atoms. The van der Waals surface area contributed by atoms with Gasteiger partial charge in [-0.1, -0.05) is 0 Å². The summed E-state index contributed by atoms with van der Waals surface area (Å²) in [5.41, 5.74) is 0.459. The maximum Gasteiger partial charge on any atom is 0.166 e. The van der Waals surface area contributed by atoms with Crippen LogP contribution in [0.5, 0.6) is 5.75 Å². The van der Waals surface area contributed by atoms with Crippen molar-refractivity contribution in [2.75, 3.05) is 0 Å². The van der Waals surface area contributed by atoms with Crippen LogP contribution >= 0.6 is 0 Å². The third-order valence-corrected chi connectivity index (χ3v) is 1.54. The van der Waals surface area contributed by atoms with E-state index in [9.17, 15) is 4.39 Å². The summed E-state index contributed by atoms with van der Waals surface area (Å²) in [5.74, 6) is -1.09. The smallest absolute Gasteiger partial charge is 0.166 e. The van der Waals surface area contributed by atoms with Gasteiger partial charge in [0.1, 0.15) is 6.33 Å². The van der Waals surface area contributed by atoms with Crippen molar-refractivity contribution in [1.82, 2.24) is 20.2 Å². The Morgan fingerprint density at radius 3 is 2.85 bits per heavy atom. The number of aromatic hydroxyl groups is 1. The van der Waals surface area contributed by atoms with Crippen LogP contribution in [0.15, 0.2) is 24.5 Å². The van der Waals surface area contributed by atoms with Crippen LogP contribution in [0.1, 0.15) is 0 Å². The largest absolute Gasteiger partial charge is 0.505 e. The molecular formula is C7H5FN4O. The van der Waals surface area contributed by atoms with Crippen molar-refractivity contribution in [3.05, 3.63) is 30.3 Å². The van der Waals surface area contributed by atoms with E-state index in [2.05, 4.69) is 15.5 Å². The molecule has 66 valence electrons. The van der Waals surface area contributed by atoms with Crippen LogP contribution in [-0.4, -0.2) is 25.3 Å². The van der Waals surface area contributed by atoms with E-state index < -0.39 is 11.6 Å². The third kappa shape index (κ3) is 1.33. The van der Waals surface area contributed by atoms with Crippen molar-refractivity contribution >= 4 is 0 Å².